The van der Waals surface area contributed by atoms with Crippen molar-refractivity contribution < 1.29 is 18.3 Å². The fraction of sp³-hybridized carbons (Fsp3) is 0.875. The maximum absolute atomic E-state index is 12.6. The minimum Gasteiger partial charge on any atom is -0.469 e. The fourth-order valence-electron chi connectivity index (χ4n) is 2.04. The molecule has 2 rings (SSSR count). The molecule has 0 N–H and O–H groups in total. The van der Waals surface area contributed by atoms with Gasteiger partial charge in [-0.15, -0.1) is 0 Å². The lowest BCUT2D eigenvalue weighted by atomic mass is 9.71. The van der Waals surface area contributed by atoms with Gasteiger partial charge in [-0.2, -0.15) is 0 Å². The van der Waals surface area contributed by atoms with E-state index in [4.69, 9.17) is 0 Å². The molecular weight excluding hydrogens is 166 g/mol. The summed E-state index contributed by atoms with van der Waals surface area (Å²) in [6.45, 7) is 0. The summed E-state index contributed by atoms with van der Waals surface area (Å²) in [6, 6.07) is 0. The van der Waals surface area contributed by atoms with Crippen molar-refractivity contribution in [3.8, 4) is 0 Å². The Kier molecular flexibility index (Phi) is 1.31. The van der Waals surface area contributed by atoms with Gasteiger partial charge in [-0.05, 0) is 12.8 Å². The van der Waals surface area contributed by atoms with Crippen molar-refractivity contribution in [3.63, 3.8) is 0 Å². The van der Waals surface area contributed by atoms with Crippen LogP contribution in [-0.4, -0.2) is 19.0 Å². The summed E-state index contributed by atoms with van der Waals surface area (Å²) in [7, 11) is 1.29. The summed E-state index contributed by atoms with van der Waals surface area (Å²) in [6.07, 6.45) is 0.590. The number of carbonyl (C=O) groups is 1. The van der Waals surface area contributed by atoms with Crippen LogP contribution in [0.25, 0.3) is 0 Å². The van der Waals surface area contributed by atoms with Gasteiger partial charge in [-0.3, -0.25) is 4.79 Å². The van der Waals surface area contributed by atoms with E-state index in [1.165, 1.54) is 7.11 Å². The second-order valence-electron chi connectivity index (χ2n) is 3.79. The van der Waals surface area contributed by atoms with Crippen LogP contribution >= 0.6 is 0 Å². The van der Waals surface area contributed by atoms with Gasteiger partial charge < -0.3 is 4.74 Å². The third-order valence-corrected chi connectivity index (χ3v) is 3.02. The normalized spacial score (nSPS) is 42.1. The lowest BCUT2D eigenvalue weighted by molar-refractivity contribution is -0.153. The van der Waals surface area contributed by atoms with Crippen LogP contribution in [0.5, 0.6) is 0 Å². The minimum absolute atomic E-state index is 0.0342. The standard InChI is InChI=1S/C8H10F2O2/c1-12-6(11)5-2-7(3-5)4-8(7,9)10/h5H,2-4H2,1H3. The van der Waals surface area contributed by atoms with Crippen LogP contribution in [0.15, 0.2) is 0 Å². The van der Waals surface area contributed by atoms with E-state index < -0.39 is 11.3 Å². The molecule has 2 aliphatic rings. The molecule has 12 heavy (non-hydrogen) atoms. The lowest BCUT2D eigenvalue weighted by Gasteiger charge is -2.33. The summed E-state index contributed by atoms with van der Waals surface area (Å²) in [4.78, 5) is 10.9. The number of rotatable bonds is 1. The average molecular weight is 176 g/mol. The molecule has 0 amide bonds. The van der Waals surface area contributed by atoms with Gasteiger partial charge in [-0.25, -0.2) is 8.78 Å². The van der Waals surface area contributed by atoms with E-state index in [1.54, 1.807) is 0 Å². The molecule has 2 aliphatic carbocycles. The van der Waals surface area contributed by atoms with E-state index >= 15 is 0 Å². The number of esters is 1. The van der Waals surface area contributed by atoms with Crippen molar-refractivity contribution in [1.29, 1.82) is 0 Å². The number of hydrogen-bond donors (Lipinski definition) is 0. The SMILES string of the molecule is COC(=O)C1CC2(C1)CC2(F)F. The van der Waals surface area contributed by atoms with Gasteiger partial charge in [0.2, 0.25) is 0 Å². The van der Waals surface area contributed by atoms with E-state index in [9.17, 15) is 13.6 Å². The predicted octanol–water partition coefficient (Wildman–Crippen LogP) is 1.59. The Morgan fingerprint density at radius 3 is 2.33 bits per heavy atom. The molecule has 2 nitrogen and oxygen atoms in total. The average Bonchev–Trinajstić information content (AvgIpc) is 2.49. The zero-order valence-corrected chi connectivity index (χ0v) is 6.77. The number of hydrogen-bond acceptors (Lipinski definition) is 2. The molecular formula is C8H10F2O2. The number of carbonyl (C=O) groups excluding carboxylic acids is 1. The smallest absolute Gasteiger partial charge is 0.308 e. The molecule has 0 unspecified atom stereocenters. The topological polar surface area (TPSA) is 26.3 Å². The zero-order chi connectivity index (χ0) is 8.98. The fourth-order valence-corrected chi connectivity index (χ4v) is 2.04. The number of alkyl halides is 2. The molecule has 0 heterocycles. The largest absolute Gasteiger partial charge is 0.469 e. The number of halogens is 2. The number of ether oxygens (including phenoxy) is 1. The zero-order valence-electron chi connectivity index (χ0n) is 6.77. The number of methoxy groups -OCH3 is 1. The van der Waals surface area contributed by atoms with Crippen LogP contribution in [0.4, 0.5) is 8.78 Å². The van der Waals surface area contributed by atoms with Gasteiger partial charge >= 0.3 is 5.97 Å². The molecule has 0 aromatic carbocycles. The molecule has 68 valence electrons. The third-order valence-electron chi connectivity index (χ3n) is 3.02. The van der Waals surface area contributed by atoms with Crippen LogP contribution in [0.1, 0.15) is 19.3 Å². The van der Waals surface area contributed by atoms with Crippen molar-refractivity contribution in [3.05, 3.63) is 0 Å². The monoisotopic (exact) mass is 176 g/mol. The Morgan fingerprint density at radius 2 is 2.00 bits per heavy atom. The first-order chi connectivity index (χ1) is 5.51. The Hall–Kier alpha value is -0.670. The highest BCUT2D eigenvalue weighted by Crippen LogP contribution is 2.72. The molecule has 1 spiro atoms. The van der Waals surface area contributed by atoms with Crippen molar-refractivity contribution in [1.82, 2.24) is 0 Å². The second kappa shape index (κ2) is 1.98. The van der Waals surface area contributed by atoms with Crippen LogP contribution < -0.4 is 0 Å². The summed E-state index contributed by atoms with van der Waals surface area (Å²) >= 11 is 0. The van der Waals surface area contributed by atoms with Gasteiger partial charge in [0.25, 0.3) is 5.92 Å². The second-order valence-corrected chi connectivity index (χ2v) is 3.79. The van der Waals surface area contributed by atoms with Crippen molar-refractivity contribution in [2.45, 2.75) is 25.2 Å². The van der Waals surface area contributed by atoms with Crippen LogP contribution in [0.3, 0.4) is 0 Å². The Bertz CT molecular complexity index is 231. The summed E-state index contributed by atoms with van der Waals surface area (Å²) in [5.74, 6) is -3.12. The van der Waals surface area contributed by atoms with E-state index in [1.807, 2.05) is 0 Å². The maximum Gasteiger partial charge on any atom is 0.308 e. The van der Waals surface area contributed by atoms with E-state index in [0.717, 1.165) is 0 Å². The van der Waals surface area contributed by atoms with E-state index in [0.29, 0.717) is 12.8 Å². The Morgan fingerprint density at radius 1 is 1.50 bits per heavy atom. The van der Waals surface area contributed by atoms with Gasteiger partial charge in [-0.1, -0.05) is 0 Å². The van der Waals surface area contributed by atoms with Crippen LogP contribution in [-0.2, 0) is 9.53 Å². The molecule has 0 aliphatic heterocycles. The molecule has 0 saturated heterocycles. The van der Waals surface area contributed by atoms with Crippen molar-refractivity contribution in [2.24, 2.45) is 11.3 Å². The highest BCUT2D eigenvalue weighted by Gasteiger charge is 2.76. The van der Waals surface area contributed by atoms with Crippen LogP contribution in [0, 0.1) is 11.3 Å². The minimum atomic E-state index is -2.50. The molecule has 0 atom stereocenters. The van der Waals surface area contributed by atoms with Crippen molar-refractivity contribution >= 4 is 5.97 Å². The Balaban J connectivity index is 1.90. The summed E-state index contributed by atoms with van der Waals surface area (Å²) in [5.41, 5.74) is -0.814. The molecule has 0 bridgehead atoms. The summed E-state index contributed by atoms with van der Waals surface area (Å²) < 4.78 is 29.7. The molecule has 2 saturated carbocycles. The quantitative estimate of drug-likeness (QED) is 0.567. The summed E-state index contributed by atoms with van der Waals surface area (Å²) in [5, 5.41) is 0. The predicted molar refractivity (Wildman–Crippen MR) is 36.7 cm³/mol. The molecule has 0 aromatic heterocycles. The van der Waals surface area contributed by atoms with Gasteiger partial charge in [0, 0.05) is 11.8 Å². The van der Waals surface area contributed by atoms with Gasteiger partial charge in [0.1, 0.15) is 0 Å². The molecule has 0 radical (unpaired) electrons. The molecule has 0 aromatic rings. The molecule has 2 fully saturated rings. The van der Waals surface area contributed by atoms with Gasteiger partial charge in [0.05, 0.1) is 13.0 Å². The van der Waals surface area contributed by atoms with E-state index in [2.05, 4.69) is 4.74 Å². The Labute approximate surface area is 68.9 Å². The molecule has 4 heteroatoms. The van der Waals surface area contributed by atoms with E-state index in [-0.39, 0.29) is 18.3 Å². The highest BCUT2D eigenvalue weighted by molar-refractivity contribution is 5.74. The third kappa shape index (κ3) is 0.807. The van der Waals surface area contributed by atoms with Crippen LogP contribution in [0.2, 0.25) is 0 Å². The highest BCUT2D eigenvalue weighted by atomic mass is 19.3. The van der Waals surface area contributed by atoms with Crippen molar-refractivity contribution in [2.75, 3.05) is 7.11 Å². The maximum atomic E-state index is 12.6. The first-order valence-electron chi connectivity index (χ1n) is 3.96. The lowest BCUT2D eigenvalue weighted by Crippen LogP contribution is -2.36. The first-order valence-corrected chi connectivity index (χ1v) is 3.96. The van der Waals surface area contributed by atoms with Gasteiger partial charge in [0.15, 0.2) is 0 Å². The first kappa shape index (κ1) is 7.95.